The zero-order valence-corrected chi connectivity index (χ0v) is 15.7. The Morgan fingerprint density at radius 3 is 2.76 bits per heavy atom. The fourth-order valence-electron chi connectivity index (χ4n) is 2.18. The molecule has 2 N–H and O–H groups in total. The molecule has 7 heteroatoms. The SMILES string of the molecule is Cc1ccc(NC(=O)Cc2csc(Nc3cccc(Cl)c3)n2)cc1Cl. The maximum Gasteiger partial charge on any atom is 0.230 e. The van der Waals surface area contributed by atoms with Crippen LogP contribution in [0.5, 0.6) is 0 Å². The number of hydrogen-bond acceptors (Lipinski definition) is 4. The minimum Gasteiger partial charge on any atom is -0.331 e. The molecule has 0 aliphatic heterocycles. The standard InChI is InChI=1S/C18H15Cl2N3OS/c1-11-5-6-14(8-16(11)20)21-17(24)9-15-10-25-18(23-15)22-13-4-2-3-12(19)7-13/h2-8,10H,9H2,1H3,(H,21,24)(H,22,23). The van der Waals surface area contributed by atoms with E-state index in [-0.39, 0.29) is 12.3 Å². The van der Waals surface area contributed by atoms with E-state index in [1.807, 2.05) is 48.7 Å². The van der Waals surface area contributed by atoms with Crippen molar-refractivity contribution in [2.75, 3.05) is 10.6 Å². The van der Waals surface area contributed by atoms with E-state index in [4.69, 9.17) is 23.2 Å². The van der Waals surface area contributed by atoms with Gasteiger partial charge in [0.1, 0.15) is 0 Å². The van der Waals surface area contributed by atoms with Crippen LogP contribution in [0.25, 0.3) is 0 Å². The van der Waals surface area contributed by atoms with Crippen molar-refractivity contribution in [1.82, 2.24) is 4.98 Å². The van der Waals surface area contributed by atoms with Gasteiger partial charge in [0.25, 0.3) is 0 Å². The van der Waals surface area contributed by atoms with Crippen molar-refractivity contribution >= 4 is 57.0 Å². The van der Waals surface area contributed by atoms with Gasteiger partial charge in [-0.3, -0.25) is 4.79 Å². The van der Waals surface area contributed by atoms with Crippen LogP contribution in [0.1, 0.15) is 11.3 Å². The van der Waals surface area contributed by atoms with Gasteiger partial charge in [-0.05, 0) is 42.8 Å². The average Bonchev–Trinajstić information content (AvgIpc) is 2.98. The first-order valence-electron chi connectivity index (χ1n) is 7.52. The second kappa shape index (κ2) is 7.87. The lowest BCUT2D eigenvalue weighted by molar-refractivity contribution is -0.115. The van der Waals surface area contributed by atoms with Crippen LogP contribution in [0.15, 0.2) is 47.8 Å². The topological polar surface area (TPSA) is 54.0 Å². The van der Waals surface area contributed by atoms with Crippen LogP contribution in [-0.4, -0.2) is 10.9 Å². The minimum atomic E-state index is -0.139. The number of aryl methyl sites for hydroxylation is 1. The van der Waals surface area contributed by atoms with E-state index in [0.29, 0.717) is 26.6 Å². The first kappa shape index (κ1) is 17.7. The number of thiazole rings is 1. The van der Waals surface area contributed by atoms with Gasteiger partial charge in [-0.15, -0.1) is 11.3 Å². The lowest BCUT2D eigenvalue weighted by atomic mass is 10.2. The van der Waals surface area contributed by atoms with Crippen LogP contribution >= 0.6 is 34.5 Å². The predicted octanol–water partition coefficient (Wildman–Crippen LogP) is 5.68. The molecule has 2 aromatic carbocycles. The van der Waals surface area contributed by atoms with Gasteiger partial charge >= 0.3 is 0 Å². The Labute approximate surface area is 159 Å². The molecular weight excluding hydrogens is 377 g/mol. The number of nitrogens with zero attached hydrogens (tertiary/aromatic N) is 1. The van der Waals surface area contributed by atoms with Crippen molar-refractivity contribution in [3.05, 3.63) is 69.1 Å². The second-order valence-electron chi connectivity index (χ2n) is 5.47. The number of rotatable bonds is 5. The van der Waals surface area contributed by atoms with E-state index in [1.165, 1.54) is 11.3 Å². The largest absolute Gasteiger partial charge is 0.331 e. The molecule has 0 fully saturated rings. The van der Waals surface area contributed by atoms with Crippen molar-refractivity contribution in [3.8, 4) is 0 Å². The van der Waals surface area contributed by atoms with E-state index < -0.39 is 0 Å². The molecule has 0 saturated carbocycles. The third-order valence-corrected chi connectivity index (χ3v) is 4.87. The smallest absolute Gasteiger partial charge is 0.230 e. The van der Waals surface area contributed by atoms with Gasteiger partial charge in [0.05, 0.1) is 12.1 Å². The van der Waals surface area contributed by atoms with Crippen LogP contribution in [-0.2, 0) is 11.2 Å². The summed E-state index contributed by atoms with van der Waals surface area (Å²) >= 11 is 13.5. The molecule has 0 radical (unpaired) electrons. The Kier molecular flexibility index (Phi) is 5.58. The number of benzene rings is 2. The number of carbonyl (C=O) groups is 1. The molecule has 1 heterocycles. The van der Waals surface area contributed by atoms with Crippen LogP contribution < -0.4 is 10.6 Å². The molecule has 0 aliphatic carbocycles. The highest BCUT2D eigenvalue weighted by Crippen LogP contribution is 2.24. The first-order valence-corrected chi connectivity index (χ1v) is 9.16. The molecule has 128 valence electrons. The quantitative estimate of drug-likeness (QED) is 0.587. The third-order valence-electron chi connectivity index (χ3n) is 3.42. The monoisotopic (exact) mass is 391 g/mol. The third kappa shape index (κ3) is 4.95. The fraction of sp³-hybridized carbons (Fsp3) is 0.111. The van der Waals surface area contributed by atoms with Crippen LogP contribution in [0, 0.1) is 6.92 Å². The number of halogens is 2. The van der Waals surface area contributed by atoms with E-state index in [2.05, 4.69) is 15.6 Å². The van der Waals surface area contributed by atoms with E-state index >= 15 is 0 Å². The lowest BCUT2D eigenvalue weighted by Gasteiger charge is -2.06. The van der Waals surface area contributed by atoms with E-state index in [9.17, 15) is 4.79 Å². The van der Waals surface area contributed by atoms with Crippen molar-refractivity contribution in [3.63, 3.8) is 0 Å². The molecule has 0 unspecified atom stereocenters. The van der Waals surface area contributed by atoms with Gasteiger partial charge < -0.3 is 10.6 Å². The van der Waals surface area contributed by atoms with Gasteiger partial charge in [-0.25, -0.2) is 4.98 Å². The summed E-state index contributed by atoms with van der Waals surface area (Å²) in [6.07, 6.45) is 0.194. The number of hydrogen-bond donors (Lipinski definition) is 2. The Morgan fingerprint density at radius 1 is 1.16 bits per heavy atom. The zero-order chi connectivity index (χ0) is 17.8. The van der Waals surface area contributed by atoms with Crippen molar-refractivity contribution in [1.29, 1.82) is 0 Å². The average molecular weight is 392 g/mol. The van der Waals surface area contributed by atoms with E-state index in [1.54, 1.807) is 6.07 Å². The minimum absolute atomic E-state index is 0.139. The Bertz CT molecular complexity index is 911. The predicted molar refractivity (Wildman–Crippen MR) is 105 cm³/mol. The number of aromatic nitrogens is 1. The molecule has 0 bridgehead atoms. The Balaban J connectivity index is 1.60. The maximum atomic E-state index is 12.2. The molecule has 0 saturated heterocycles. The molecule has 25 heavy (non-hydrogen) atoms. The molecule has 1 aromatic heterocycles. The fourth-order valence-corrected chi connectivity index (χ4v) is 3.28. The molecule has 3 rings (SSSR count). The summed E-state index contributed by atoms with van der Waals surface area (Å²) in [6, 6.07) is 12.8. The van der Waals surface area contributed by atoms with Crippen LogP contribution in [0.3, 0.4) is 0 Å². The van der Waals surface area contributed by atoms with Crippen molar-refractivity contribution in [2.45, 2.75) is 13.3 Å². The van der Waals surface area contributed by atoms with Crippen LogP contribution in [0.4, 0.5) is 16.5 Å². The Morgan fingerprint density at radius 2 is 2.00 bits per heavy atom. The van der Waals surface area contributed by atoms with Gasteiger partial charge in [0.2, 0.25) is 5.91 Å². The number of nitrogens with one attached hydrogen (secondary N) is 2. The van der Waals surface area contributed by atoms with Crippen molar-refractivity contribution in [2.24, 2.45) is 0 Å². The summed E-state index contributed by atoms with van der Waals surface area (Å²) < 4.78 is 0. The van der Waals surface area contributed by atoms with Crippen molar-refractivity contribution < 1.29 is 4.79 Å². The number of carbonyl (C=O) groups excluding carboxylic acids is 1. The molecule has 0 spiro atoms. The van der Waals surface area contributed by atoms with Gasteiger partial charge in [0, 0.05) is 26.8 Å². The summed E-state index contributed by atoms with van der Waals surface area (Å²) in [5.74, 6) is -0.139. The zero-order valence-electron chi connectivity index (χ0n) is 13.3. The van der Waals surface area contributed by atoms with Gasteiger partial charge in [-0.2, -0.15) is 0 Å². The number of amides is 1. The normalized spacial score (nSPS) is 10.5. The first-order chi connectivity index (χ1) is 12.0. The highest BCUT2D eigenvalue weighted by molar-refractivity contribution is 7.13. The van der Waals surface area contributed by atoms with E-state index in [0.717, 1.165) is 11.3 Å². The molecule has 3 aromatic rings. The summed E-state index contributed by atoms with van der Waals surface area (Å²) in [4.78, 5) is 16.6. The molecule has 1 amide bonds. The Hall–Kier alpha value is -2.08. The van der Waals surface area contributed by atoms with Gasteiger partial charge in [0.15, 0.2) is 5.13 Å². The summed E-state index contributed by atoms with van der Waals surface area (Å²) in [5, 5.41) is 9.85. The lowest BCUT2D eigenvalue weighted by Crippen LogP contribution is -2.14. The van der Waals surface area contributed by atoms with Gasteiger partial charge in [-0.1, -0.05) is 35.3 Å². The molecule has 4 nitrogen and oxygen atoms in total. The maximum absolute atomic E-state index is 12.2. The summed E-state index contributed by atoms with van der Waals surface area (Å²) in [7, 11) is 0. The summed E-state index contributed by atoms with van der Waals surface area (Å²) in [5.41, 5.74) is 3.20. The van der Waals surface area contributed by atoms with Crippen LogP contribution in [0.2, 0.25) is 10.0 Å². The molecular formula is C18H15Cl2N3OS. The highest BCUT2D eigenvalue weighted by atomic mass is 35.5. The second-order valence-corrected chi connectivity index (χ2v) is 7.17. The molecule has 0 aliphatic rings. The highest BCUT2D eigenvalue weighted by Gasteiger charge is 2.09. The summed E-state index contributed by atoms with van der Waals surface area (Å²) in [6.45, 7) is 1.91. The number of anilines is 3. The molecule has 0 atom stereocenters.